The van der Waals surface area contributed by atoms with Crippen molar-refractivity contribution in [1.82, 2.24) is 9.88 Å². The van der Waals surface area contributed by atoms with Crippen molar-refractivity contribution in [3.8, 4) is 0 Å². The van der Waals surface area contributed by atoms with Crippen LogP contribution in [0, 0.1) is 12.8 Å². The number of carbonyl (C=O) groups excluding carboxylic acids is 1. The second-order valence-corrected chi connectivity index (χ2v) is 9.53. The van der Waals surface area contributed by atoms with Crippen LogP contribution in [0.3, 0.4) is 0 Å². The normalized spacial score (nSPS) is 23.3. The van der Waals surface area contributed by atoms with E-state index in [0.29, 0.717) is 11.9 Å². The Bertz CT molecular complexity index is 869. The number of benzene rings is 1. The molecule has 1 saturated carbocycles. The molecule has 2 aromatic rings. The molecule has 4 heteroatoms. The van der Waals surface area contributed by atoms with Crippen LogP contribution < -0.4 is 4.90 Å². The zero-order chi connectivity index (χ0) is 20.6. The van der Waals surface area contributed by atoms with Gasteiger partial charge in [-0.15, -0.1) is 0 Å². The summed E-state index contributed by atoms with van der Waals surface area (Å²) < 4.78 is 0. The van der Waals surface area contributed by atoms with Crippen LogP contribution >= 0.6 is 0 Å². The summed E-state index contributed by atoms with van der Waals surface area (Å²) in [6, 6.07) is 15.3. The van der Waals surface area contributed by atoms with Crippen LogP contribution in [0.15, 0.2) is 42.5 Å². The number of rotatable bonds is 4. The highest BCUT2D eigenvalue weighted by molar-refractivity contribution is 5.97. The van der Waals surface area contributed by atoms with Crippen molar-refractivity contribution in [2.45, 2.75) is 64.5 Å². The predicted octanol–water partition coefficient (Wildman–Crippen LogP) is 4.71. The zero-order valence-electron chi connectivity index (χ0n) is 18.2. The predicted molar refractivity (Wildman–Crippen MR) is 118 cm³/mol. The summed E-state index contributed by atoms with van der Waals surface area (Å²) in [5, 5.41) is 0. The molecule has 154 valence electrons. The lowest BCUT2D eigenvalue weighted by molar-refractivity contribution is -0.123. The van der Waals surface area contributed by atoms with Gasteiger partial charge in [-0.3, -0.25) is 14.7 Å². The number of carbonyl (C=O) groups is 1. The van der Waals surface area contributed by atoms with Crippen molar-refractivity contribution in [1.29, 1.82) is 0 Å². The first-order chi connectivity index (χ1) is 13.8. The summed E-state index contributed by atoms with van der Waals surface area (Å²) in [5.41, 5.74) is 4.39. The van der Waals surface area contributed by atoms with E-state index in [1.54, 1.807) is 0 Å². The van der Waals surface area contributed by atoms with Crippen molar-refractivity contribution in [3.05, 3.63) is 59.4 Å². The van der Waals surface area contributed by atoms with Gasteiger partial charge < -0.3 is 4.90 Å². The molecule has 0 spiro atoms. The summed E-state index contributed by atoms with van der Waals surface area (Å²) in [5.74, 6) is 0.436. The summed E-state index contributed by atoms with van der Waals surface area (Å²) >= 11 is 0. The number of hydrogen-bond acceptors (Lipinski definition) is 3. The molecule has 1 fully saturated rings. The van der Waals surface area contributed by atoms with E-state index in [1.807, 2.05) is 17.9 Å². The number of nitrogens with zero attached hydrogens (tertiary/aromatic N) is 3. The van der Waals surface area contributed by atoms with Gasteiger partial charge >= 0.3 is 0 Å². The Balaban J connectivity index is 1.39. The maximum absolute atomic E-state index is 13.4. The summed E-state index contributed by atoms with van der Waals surface area (Å²) in [6.07, 6.45) is 4.15. The minimum Gasteiger partial charge on any atom is -0.309 e. The van der Waals surface area contributed by atoms with E-state index >= 15 is 0 Å². The Hall–Kier alpha value is -2.20. The number of aryl methyl sites for hydroxylation is 1. The fourth-order valence-electron chi connectivity index (χ4n) is 5.00. The molecule has 1 aromatic carbocycles. The molecule has 2 aliphatic rings. The van der Waals surface area contributed by atoms with Gasteiger partial charge in [0, 0.05) is 36.2 Å². The highest BCUT2D eigenvalue weighted by atomic mass is 16.2. The zero-order valence-corrected chi connectivity index (χ0v) is 18.2. The summed E-state index contributed by atoms with van der Waals surface area (Å²) in [4.78, 5) is 22.6. The van der Waals surface area contributed by atoms with E-state index in [1.165, 1.54) is 5.56 Å². The molecular weight excluding hydrogens is 358 g/mol. The third kappa shape index (κ3) is 4.09. The second-order valence-electron chi connectivity index (χ2n) is 9.53. The number of anilines is 1. The van der Waals surface area contributed by atoms with E-state index in [0.717, 1.165) is 55.8 Å². The topological polar surface area (TPSA) is 36.4 Å². The Morgan fingerprint density at radius 2 is 1.79 bits per heavy atom. The number of hydrogen-bond donors (Lipinski definition) is 0. The molecule has 1 aromatic heterocycles. The van der Waals surface area contributed by atoms with Crippen molar-refractivity contribution in [2.24, 2.45) is 5.92 Å². The molecule has 4 rings (SSSR count). The molecule has 0 N–H and O–H groups in total. The first-order valence-corrected chi connectivity index (χ1v) is 10.9. The van der Waals surface area contributed by atoms with Gasteiger partial charge in [0.2, 0.25) is 5.91 Å². The highest BCUT2D eigenvalue weighted by Gasteiger charge is 2.42. The fraction of sp³-hybridized carbons (Fsp3) is 0.520. The molecule has 29 heavy (non-hydrogen) atoms. The molecule has 4 nitrogen and oxygen atoms in total. The Kier molecular flexibility index (Phi) is 5.48. The number of pyridine rings is 1. The van der Waals surface area contributed by atoms with Gasteiger partial charge in [0.05, 0.1) is 11.4 Å². The van der Waals surface area contributed by atoms with Crippen molar-refractivity contribution in [2.75, 3.05) is 18.5 Å². The van der Waals surface area contributed by atoms with Crippen LogP contribution in [0.2, 0.25) is 0 Å². The van der Waals surface area contributed by atoms with Crippen LogP contribution in [0.25, 0.3) is 0 Å². The van der Waals surface area contributed by atoms with Gasteiger partial charge in [0.1, 0.15) is 0 Å². The van der Waals surface area contributed by atoms with E-state index < -0.39 is 0 Å². The lowest BCUT2D eigenvalue weighted by atomic mass is 9.84. The molecule has 0 bridgehead atoms. The fourth-order valence-corrected chi connectivity index (χ4v) is 5.00. The first-order valence-electron chi connectivity index (χ1n) is 10.9. The number of fused-ring (bicyclic) bond motifs is 1. The molecule has 0 atom stereocenters. The first kappa shape index (κ1) is 20.1. The lowest BCUT2D eigenvalue weighted by Crippen LogP contribution is -2.42. The lowest BCUT2D eigenvalue weighted by Gasteiger charge is -2.35. The quantitative estimate of drug-likeness (QED) is 0.758. The SMILES string of the molecule is Cc1ccc2c(n1)C(C)(C)CN2C(=O)C1CCC(N(C)Cc2ccccc2)CC1. The Labute approximate surface area is 174 Å². The minimum absolute atomic E-state index is 0.0792. The summed E-state index contributed by atoms with van der Waals surface area (Å²) in [7, 11) is 2.22. The van der Waals surface area contributed by atoms with Crippen molar-refractivity contribution >= 4 is 11.6 Å². The van der Waals surface area contributed by atoms with Gasteiger partial charge in [-0.2, -0.15) is 0 Å². The number of aromatic nitrogens is 1. The summed E-state index contributed by atoms with van der Waals surface area (Å²) in [6.45, 7) is 8.13. The van der Waals surface area contributed by atoms with Gasteiger partial charge in [-0.25, -0.2) is 0 Å². The molecule has 0 saturated heterocycles. The average molecular weight is 392 g/mol. The van der Waals surface area contributed by atoms with Gasteiger partial charge in [-0.1, -0.05) is 44.2 Å². The van der Waals surface area contributed by atoms with E-state index in [2.05, 4.69) is 62.2 Å². The minimum atomic E-state index is -0.0792. The maximum atomic E-state index is 13.4. The largest absolute Gasteiger partial charge is 0.309 e. The third-order valence-corrected chi connectivity index (χ3v) is 6.71. The molecule has 1 amide bonds. The monoisotopic (exact) mass is 391 g/mol. The molecule has 0 radical (unpaired) electrons. The van der Waals surface area contributed by atoms with E-state index in [4.69, 9.17) is 4.98 Å². The molecule has 0 unspecified atom stereocenters. The van der Waals surface area contributed by atoms with E-state index in [-0.39, 0.29) is 11.3 Å². The highest BCUT2D eigenvalue weighted by Crippen LogP contribution is 2.41. The van der Waals surface area contributed by atoms with Gasteiger partial charge in [0.15, 0.2) is 0 Å². The van der Waals surface area contributed by atoms with Crippen LogP contribution in [0.1, 0.15) is 56.5 Å². The standard InChI is InChI=1S/C25H33N3O/c1-18-10-15-22-23(26-18)25(2,3)17-28(22)24(29)20-11-13-21(14-12-20)27(4)16-19-8-6-5-7-9-19/h5-10,15,20-21H,11-14,16-17H2,1-4H3. The van der Waals surface area contributed by atoms with Crippen LogP contribution in [-0.4, -0.2) is 35.4 Å². The smallest absolute Gasteiger partial charge is 0.230 e. The third-order valence-electron chi connectivity index (χ3n) is 6.71. The second kappa shape index (κ2) is 7.91. The number of amides is 1. The van der Waals surface area contributed by atoms with Crippen LogP contribution in [-0.2, 0) is 16.8 Å². The Morgan fingerprint density at radius 3 is 2.48 bits per heavy atom. The maximum Gasteiger partial charge on any atom is 0.230 e. The van der Waals surface area contributed by atoms with Gasteiger partial charge in [-0.05, 0) is 57.4 Å². The van der Waals surface area contributed by atoms with Crippen LogP contribution in [0.5, 0.6) is 0 Å². The van der Waals surface area contributed by atoms with E-state index in [9.17, 15) is 4.79 Å². The van der Waals surface area contributed by atoms with Crippen molar-refractivity contribution in [3.63, 3.8) is 0 Å². The molecular formula is C25H33N3O. The van der Waals surface area contributed by atoms with Gasteiger partial charge in [0.25, 0.3) is 0 Å². The average Bonchev–Trinajstić information content (AvgIpc) is 2.98. The van der Waals surface area contributed by atoms with Crippen molar-refractivity contribution < 1.29 is 4.79 Å². The Morgan fingerprint density at radius 1 is 1.10 bits per heavy atom. The molecule has 2 heterocycles. The van der Waals surface area contributed by atoms with Crippen LogP contribution in [0.4, 0.5) is 5.69 Å². The molecule has 1 aliphatic heterocycles. The molecule has 1 aliphatic carbocycles.